The quantitative estimate of drug-likeness (QED) is 0.392. The number of nitrogens with zero attached hydrogens (tertiary/aromatic N) is 8. The lowest BCUT2D eigenvalue weighted by Gasteiger charge is -2.48. The lowest BCUT2D eigenvalue weighted by molar-refractivity contribution is 0.123. The first-order valence-corrected chi connectivity index (χ1v) is 13.3. The number of nitriles is 1. The summed E-state index contributed by atoms with van der Waals surface area (Å²) in [5, 5.41) is 14.2. The molecular formula is C29H31FN8O. The van der Waals surface area contributed by atoms with Crippen molar-refractivity contribution in [2.24, 2.45) is 14.1 Å². The zero-order valence-corrected chi connectivity index (χ0v) is 22.5. The van der Waals surface area contributed by atoms with Gasteiger partial charge in [-0.3, -0.25) is 14.4 Å². The van der Waals surface area contributed by atoms with Crippen molar-refractivity contribution >= 4 is 16.7 Å². The zero-order valence-electron chi connectivity index (χ0n) is 22.5. The Labute approximate surface area is 226 Å². The third-order valence-corrected chi connectivity index (χ3v) is 8.04. The molecule has 1 saturated carbocycles. The molecule has 2 fully saturated rings. The van der Waals surface area contributed by atoms with Crippen LogP contribution >= 0.6 is 0 Å². The third-order valence-electron chi connectivity index (χ3n) is 8.04. The molecule has 0 bridgehead atoms. The minimum Gasteiger partial charge on any atom is -0.364 e. The lowest BCUT2D eigenvalue weighted by Crippen LogP contribution is -2.58. The molecule has 4 aromatic rings. The average Bonchev–Trinajstić information content (AvgIpc) is 3.71. The molecule has 0 amide bonds. The predicted octanol–water partition coefficient (Wildman–Crippen LogP) is 3.64. The maximum Gasteiger partial charge on any atom is 0.252 e. The minimum absolute atomic E-state index is 0.0168. The van der Waals surface area contributed by atoms with E-state index in [0.29, 0.717) is 35.7 Å². The van der Waals surface area contributed by atoms with E-state index in [2.05, 4.69) is 34.7 Å². The molecule has 0 radical (unpaired) electrons. The Kier molecular flexibility index (Phi) is 6.19. The van der Waals surface area contributed by atoms with Crippen LogP contribution in [0.15, 0.2) is 47.3 Å². The molecule has 9 nitrogen and oxygen atoms in total. The maximum absolute atomic E-state index is 13.9. The van der Waals surface area contributed by atoms with Crippen molar-refractivity contribution in [1.29, 1.82) is 5.26 Å². The molecule has 2 unspecified atom stereocenters. The Balaban J connectivity index is 1.40. The van der Waals surface area contributed by atoms with Crippen molar-refractivity contribution in [3.05, 3.63) is 81.5 Å². The van der Waals surface area contributed by atoms with Gasteiger partial charge in [0, 0.05) is 51.3 Å². The summed E-state index contributed by atoms with van der Waals surface area (Å²) in [5.74, 6) is 1.87. The first-order valence-electron chi connectivity index (χ1n) is 13.3. The molecule has 0 N–H and O–H groups in total. The van der Waals surface area contributed by atoms with E-state index >= 15 is 0 Å². The highest BCUT2D eigenvalue weighted by molar-refractivity contribution is 5.89. The number of fused-ring (bicyclic) bond motifs is 1. The van der Waals surface area contributed by atoms with Gasteiger partial charge in [-0.2, -0.15) is 10.4 Å². The topological polar surface area (TPSA) is 95.9 Å². The average molecular weight is 527 g/mol. The summed E-state index contributed by atoms with van der Waals surface area (Å²) in [4.78, 5) is 27.1. The number of aromatic nitrogens is 5. The fraction of sp³-hybridized carbons (Fsp3) is 0.414. The van der Waals surface area contributed by atoms with Crippen LogP contribution in [0.1, 0.15) is 61.6 Å². The fourth-order valence-corrected chi connectivity index (χ4v) is 5.75. The second-order valence-corrected chi connectivity index (χ2v) is 10.8. The van der Waals surface area contributed by atoms with Gasteiger partial charge in [-0.1, -0.05) is 12.1 Å². The summed E-state index contributed by atoms with van der Waals surface area (Å²) in [6.07, 6.45) is 2.23. The van der Waals surface area contributed by atoms with Crippen molar-refractivity contribution in [3.8, 4) is 6.07 Å². The Bertz CT molecular complexity index is 1650. The SMILES string of the molecule is CC1CN(c2cc(=O)n(C)c3ccc(C#N)nc23)[C@@H](C)CN1C(c1ccc(F)cc1)c1nc(C2CC2)nn1C. The zero-order chi connectivity index (χ0) is 27.4. The van der Waals surface area contributed by atoms with Crippen LogP contribution in [-0.4, -0.2) is 54.4 Å². The van der Waals surface area contributed by atoms with Gasteiger partial charge in [-0.05, 0) is 56.5 Å². The second-order valence-electron chi connectivity index (χ2n) is 10.8. The molecule has 0 spiro atoms. The van der Waals surface area contributed by atoms with Gasteiger partial charge in [0.05, 0.1) is 17.2 Å². The summed E-state index contributed by atoms with van der Waals surface area (Å²) in [6.45, 7) is 5.59. The van der Waals surface area contributed by atoms with E-state index < -0.39 is 0 Å². The van der Waals surface area contributed by atoms with Gasteiger partial charge in [0.2, 0.25) is 0 Å². The number of anilines is 1. The Morgan fingerprint density at radius 2 is 1.77 bits per heavy atom. The fourth-order valence-electron chi connectivity index (χ4n) is 5.75. The summed E-state index contributed by atoms with van der Waals surface area (Å²) >= 11 is 0. The molecule has 10 heteroatoms. The Morgan fingerprint density at radius 3 is 2.46 bits per heavy atom. The first kappa shape index (κ1) is 25.2. The van der Waals surface area contributed by atoms with Crippen LogP contribution < -0.4 is 10.5 Å². The van der Waals surface area contributed by atoms with Gasteiger partial charge in [-0.25, -0.2) is 14.4 Å². The molecule has 200 valence electrons. The smallest absolute Gasteiger partial charge is 0.252 e. The molecule has 1 aliphatic heterocycles. The largest absolute Gasteiger partial charge is 0.364 e. The number of rotatable bonds is 5. The maximum atomic E-state index is 13.9. The summed E-state index contributed by atoms with van der Waals surface area (Å²) in [7, 11) is 3.65. The van der Waals surface area contributed by atoms with Crippen molar-refractivity contribution in [3.63, 3.8) is 0 Å². The van der Waals surface area contributed by atoms with Gasteiger partial charge in [0.1, 0.15) is 28.9 Å². The van der Waals surface area contributed by atoms with Crippen LogP contribution in [0.2, 0.25) is 0 Å². The number of hydrogen-bond acceptors (Lipinski definition) is 7. The van der Waals surface area contributed by atoms with Gasteiger partial charge >= 0.3 is 0 Å². The highest BCUT2D eigenvalue weighted by atomic mass is 19.1. The summed E-state index contributed by atoms with van der Waals surface area (Å²) < 4.78 is 17.3. The van der Waals surface area contributed by atoms with Gasteiger partial charge in [0.25, 0.3) is 5.56 Å². The highest BCUT2D eigenvalue weighted by Gasteiger charge is 2.39. The highest BCUT2D eigenvalue weighted by Crippen LogP contribution is 2.40. The van der Waals surface area contributed by atoms with Crippen LogP contribution in [0.25, 0.3) is 11.0 Å². The molecule has 1 aliphatic carbocycles. The van der Waals surface area contributed by atoms with Gasteiger partial charge < -0.3 is 9.47 Å². The van der Waals surface area contributed by atoms with Crippen LogP contribution in [0.3, 0.4) is 0 Å². The standard InChI is InChI=1S/C29H31FN8O/c1-17-16-38(27(19-7-9-21(30)10-8-19)29-33-28(20-5-6-20)34-36(29)4)18(2)15-37(17)24-13-25(39)35(3)23-12-11-22(14-31)32-26(23)24/h7-13,17-18,20,27H,5-6,15-16H2,1-4H3/t17-,18?,27?/m0/s1. The molecule has 6 rings (SSSR count). The monoisotopic (exact) mass is 526 g/mol. The number of hydrogen-bond donors (Lipinski definition) is 0. The van der Waals surface area contributed by atoms with Crippen molar-refractivity contribution in [1.82, 2.24) is 29.2 Å². The summed E-state index contributed by atoms with van der Waals surface area (Å²) in [6, 6.07) is 13.7. The Morgan fingerprint density at radius 1 is 1.03 bits per heavy atom. The van der Waals surface area contributed by atoms with Gasteiger partial charge in [0.15, 0.2) is 5.82 Å². The number of pyridine rings is 2. The molecule has 3 atom stereocenters. The molecular weight excluding hydrogens is 495 g/mol. The third kappa shape index (κ3) is 4.46. The van der Waals surface area contributed by atoms with Crippen LogP contribution in [0.4, 0.5) is 10.1 Å². The van der Waals surface area contributed by atoms with Crippen LogP contribution in [-0.2, 0) is 14.1 Å². The molecule has 1 saturated heterocycles. The predicted molar refractivity (Wildman–Crippen MR) is 146 cm³/mol. The van der Waals surface area contributed by atoms with E-state index in [1.54, 1.807) is 29.8 Å². The summed E-state index contributed by atoms with van der Waals surface area (Å²) in [5.41, 5.74) is 3.21. The van der Waals surface area contributed by atoms with Crippen molar-refractivity contribution in [2.75, 3.05) is 18.0 Å². The molecule has 3 aromatic heterocycles. The molecule has 4 heterocycles. The van der Waals surface area contributed by atoms with Crippen LogP contribution in [0.5, 0.6) is 0 Å². The van der Waals surface area contributed by atoms with Crippen molar-refractivity contribution < 1.29 is 4.39 Å². The van der Waals surface area contributed by atoms with E-state index in [0.717, 1.165) is 35.7 Å². The van der Waals surface area contributed by atoms with E-state index in [9.17, 15) is 14.4 Å². The number of piperazine rings is 1. The number of aryl methyl sites for hydroxylation is 2. The number of halogens is 1. The molecule has 1 aromatic carbocycles. The van der Waals surface area contributed by atoms with E-state index in [4.69, 9.17) is 10.1 Å². The minimum atomic E-state index is -0.276. The van der Waals surface area contributed by atoms with Gasteiger partial charge in [-0.15, -0.1) is 0 Å². The van der Waals surface area contributed by atoms with E-state index in [-0.39, 0.29) is 29.5 Å². The normalized spacial score (nSPS) is 20.8. The van der Waals surface area contributed by atoms with E-state index in [1.807, 2.05) is 23.9 Å². The van der Waals surface area contributed by atoms with Crippen molar-refractivity contribution in [2.45, 2.75) is 50.7 Å². The molecule has 2 aliphatic rings. The Hall–Kier alpha value is -4.10. The molecule has 39 heavy (non-hydrogen) atoms. The van der Waals surface area contributed by atoms with E-state index in [1.165, 1.54) is 12.1 Å². The second kappa shape index (κ2) is 9.58. The lowest BCUT2D eigenvalue weighted by atomic mass is 9.98. The van der Waals surface area contributed by atoms with Crippen LogP contribution in [0, 0.1) is 17.1 Å². The first-order chi connectivity index (χ1) is 18.7. The number of benzene rings is 1.